The Morgan fingerprint density at radius 3 is 2.40 bits per heavy atom. The molecule has 1 rings (SSSR count). The monoisotopic (exact) mass is 344 g/mol. The van der Waals surface area contributed by atoms with Crippen molar-refractivity contribution in [1.29, 1.82) is 0 Å². The average molecular weight is 345 g/mol. The van der Waals surface area contributed by atoms with E-state index >= 15 is 0 Å². The number of aryl methyl sites for hydroxylation is 2. The summed E-state index contributed by atoms with van der Waals surface area (Å²) in [6.45, 7) is 10.6. The molecule has 0 fully saturated rings. The van der Waals surface area contributed by atoms with Gasteiger partial charge in [-0.15, -0.1) is 0 Å². The molecule has 1 aromatic heterocycles. The molecule has 0 amide bonds. The zero-order valence-corrected chi connectivity index (χ0v) is 14.9. The van der Waals surface area contributed by atoms with Gasteiger partial charge in [0.2, 0.25) is 0 Å². The number of aromatic nitrogens is 2. The van der Waals surface area contributed by atoms with Crippen LogP contribution in [0.2, 0.25) is 0 Å². The molecule has 1 unspecified atom stereocenters. The first kappa shape index (κ1) is 17.4. The number of hydrogen-bond acceptors (Lipinski definition) is 3. The summed E-state index contributed by atoms with van der Waals surface area (Å²) in [5.41, 5.74) is 1.70. The van der Waals surface area contributed by atoms with E-state index in [1.165, 1.54) is 0 Å². The SMILES string of the molecule is CCOC(C(=O)Cc1c(Br)c(CC)nn1C)C(C)(C)C. The number of Topliss-reactive ketones (excluding diaryl/α,β-unsaturated/α-hetero) is 1. The standard InChI is InChI=1S/C15H25BrN2O2/c1-7-10-13(16)11(18(6)17-10)9-12(19)14(20-8-2)15(3,4)5/h14H,7-9H2,1-6H3. The van der Waals surface area contributed by atoms with E-state index in [9.17, 15) is 4.79 Å². The Hall–Kier alpha value is -0.680. The van der Waals surface area contributed by atoms with E-state index in [1.54, 1.807) is 4.68 Å². The second kappa shape index (κ2) is 6.85. The van der Waals surface area contributed by atoms with Crippen LogP contribution in [0.25, 0.3) is 0 Å². The quantitative estimate of drug-likeness (QED) is 0.795. The molecular weight excluding hydrogens is 320 g/mol. The highest BCUT2D eigenvalue weighted by Gasteiger charge is 2.32. The van der Waals surface area contributed by atoms with Gasteiger partial charge in [-0.3, -0.25) is 9.48 Å². The van der Waals surface area contributed by atoms with Gasteiger partial charge in [-0.2, -0.15) is 5.10 Å². The second-order valence-electron chi connectivity index (χ2n) is 6.03. The van der Waals surface area contributed by atoms with Gasteiger partial charge in [-0.25, -0.2) is 0 Å². The van der Waals surface area contributed by atoms with E-state index in [1.807, 2.05) is 34.7 Å². The molecule has 0 N–H and O–H groups in total. The molecule has 20 heavy (non-hydrogen) atoms. The van der Waals surface area contributed by atoms with Crippen LogP contribution in [0.15, 0.2) is 4.47 Å². The predicted octanol–water partition coefficient (Wildman–Crippen LogP) is 3.31. The van der Waals surface area contributed by atoms with Crippen LogP contribution in [0.3, 0.4) is 0 Å². The number of ketones is 1. The lowest BCUT2D eigenvalue weighted by atomic mass is 9.85. The first-order chi connectivity index (χ1) is 9.22. The Labute approximate surface area is 130 Å². The van der Waals surface area contributed by atoms with Crippen molar-refractivity contribution >= 4 is 21.7 Å². The Balaban J connectivity index is 2.97. The van der Waals surface area contributed by atoms with E-state index in [-0.39, 0.29) is 17.3 Å². The summed E-state index contributed by atoms with van der Waals surface area (Å²) in [4.78, 5) is 12.6. The van der Waals surface area contributed by atoms with Gasteiger partial charge in [0.15, 0.2) is 5.78 Å². The molecule has 1 atom stereocenters. The maximum Gasteiger partial charge on any atom is 0.168 e. The number of carbonyl (C=O) groups excluding carboxylic acids is 1. The van der Waals surface area contributed by atoms with Crippen molar-refractivity contribution in [3.8, 4) is 0 Å². The summed E-state index contributed by atoms with van der Waals surface area (Å²) in [6.07, 6.45) is 0.794. The summed E-state index contributed by atoms with van der Waals surface area (Å²) in [5, 5.41) is 4.43. The summed E-state index contributed by atoms with van der Waals surface area (Å²) in [5.74, 6) is 0.103. The highest BCUT2D eigenvalue weighted by Crippen LogP contribution is 2.27. The van der Waals surface area contributed by atoms with Crippen LogP contribution in [0.1, 0.15) is 46.0 Å². The van der Waals surface area contributed by atoms with Crippen molar-refractivity contribution < 1.29 is 9.53 Å². The highest BCUT2D eigenvalue weighted by atomic mass is 79.9. The van der Waals surface area contributed by atoms with E-state index in [0.717, 1.165) is 22.3 Å². The van der Waals surface area contributed by atoms with Crippen LogP contribution in [0.5, 0.6) is 0 Å². The minimum atomic E-state index is -0.389. The number of nitrogens with zero attached hydrogens (tertiary/aromatic N) is 2. The largest absolute Gasteiger partial charge is 0.370 e. The summed E-state index contributed by atoms with van der Waals surface area (Å²) in [6, 6.07) is 0. The lowest BCUT2D eigenvalue weighted by Crippen LogP contribution is -2.38. The molecule has 0 spiro atoms. The predicted molar refractivity (Wildman–Crippen MR) is 83.9 cm³/mol. The third kappa shape index (κ3) is 3.92. The molecule has 0 radical (unpaired) electrons. The third-order valence-electron chi connectivity index (χ3n) is 3.26. The van der Waals surface area contributed by atoms with Crippen molar-refractivity contribution in [1.82, 2.24) is 9.78 Å². The fourth-order valence-corrected chi connectivity index (χ4v) is 3.02. The average Bonchev–Trinajstić information content (AvgIpc) is 2.61. The molecular formula is C15H25BrN2O2. The van der Waals surface area contributed by atoms with Gasteiger partial charge in [-0.05, 0) is 34.7 Å². The Morgan fingerprint density at radius 2 is 2.00 bits per heavy atom. The van der Waals surface area contributed by atoms with Gasteiger partial charge in [0.25, 0.3) is 0 Å². The molecule has 0 saturated carbocycles. The number of hydrogen-bond donors (Lipinski definition) is 0. The van der Waals surface area contributed by atoms with Crippen LogP contribution in [0, 0.1) is 5.41 Å². The van der Waals surface area contributed by atoms with Crippen molar-refractivity contribution in [3.63, 3.8) is 0 Å². The first-order valence-corrected chi connectivity index (χ1v) is 7.86. The number of rotatable bonds is 6. The van der Waals surface area contributed by atoms with Crippen LogP contribution >= 0.6 is 15.9 Å². The van der Waals surface area contributed by atoms with Crippen LogP contribution in [-0.4, -0.2) is 28.3 Å². The van der Waals surface area contributed by atoms with Gasteiger partial charge < -0.3 is 4.74 Å². The van der Waals surface area contributed by atoms with Crippen LogP contribution in [-0.2, 0) is 29.4 Å². The lowest BCUT2D eigenvalue weighted by molar-refractivity contribution is -0.136. The minimum absolute atomic E-state index is 0.103. The summed E-state index contributed by atoms with van der Waals surface area (Å²) < 4.78 is 8.39. The Morgan fingerprint density at radius 1 is 1.40 bits per heavy atom. The third-order valence-corrected chi connectivity index (χ3v) is 4.17. The van der Waals surface area contributed by atoms with Crippen molar-refractivity contribution in [2.45, 2.75) is 53.6 Å². The van der Waals surface area contributed by atoms with Gasteiger partial charge in [0.1, 0.15) is 6.10 Å². The molecule has 0 saturated heterocycles. The Bertz CT molecular complexity index is 475. The van der Waals surface area contributed by atoms with E-state index in [0.29, 0.717) is 13.0 Å². The molecule has 0 bridgehead atoms. The number of halogens is 1. The normalized spacial score (nSPS) is 13.6. The zero-order valence-electron chi connectivity index (χ0n) is 13.3. The molecule has 0 aromatic carbocycles. The smallest absolute Gasteiger partial charge is 0.168 e. The van der Waals surface area contributed by atoms with Crippen LogP contribution < -0.4 is 0 Å². The molecule has 0 aliphatic carbocycles. The zero-order chi connectivity index (χ0) is 15.5. The van der Waals surface area contributed by atoms with Crippen molar-refractivity contribution in [2.24, 2.45) is 12.5 Å². The van der Waals surface area contributed by atoms with Crippen molar-refractivity contribution in [3.05, 3.63) is 15.9 Å². The molecule has 0 aliphatic heterocycles. The molecule has 4 nitrogen and oxygen atoms in total. The van der Waals surface area contributed by atoms with Gasteiger partial charge >= 0.3 is 0 Å². The minimum Gasteiger partial charge on any atom is -0.370 e. The van der Waals surface area contributed by atoms with Crippen LogP contribution in [0.4, 0.5) is 0 Å². The topological polar surface area (TPSA) is 44.1 Å². The summed E-state index contributed by atoms with van der Waals surface area (Å²) >= 11 is 3.55. The van der Waals surface area contributed by atoms with E-state index in [2.05, 4.69) is 28.0 Å². The fraction of sp³-hybridized carbons (Fsp3) is 0.733. The second-order valence-corrected chi connectivity index (χ2v) is 6.82. The summed E-state index contributed by atoms with van der Waals surface area (Å²) in [7, 11) is 1.87. The van der Waals surface area contributed by atoms with Crippen molar-refractivity contribution in [2.75, 3.05) is 6.61 Å². The van der Waals surface area contributed by atoms with E-state index in [4.69, 9.17) is 4.74 Å². The molecule has 0 aliphatic rings. The number of ether oxygens (including phenoxy) is 1. The molecule has 1 heterocycles. The molecule has 5 heteroatoms. The fourth-order valence-electron chi connectivity index (χ4n) is 2.26. The maximum absolute atomic E-state index is 12.6. The van der Waals surface area contributed by atoms with Gasteiger partial charge in [-0.1, -0.05) is 27.7 Å². The van der Waals surface area contributed by atoms with Gasteiger partial charge in [0, 0.05) is 13.7 Å². The number of carbonyl (C=O) groups is 1. The van der Waals surface area contributed by atoms with E-state index < -0.39 is 0 Å². The maximum atomic E-state index is 12.6. The Kier molecular flexibility index (Phi) is 5.95. The molecule has 114 valence electrons. The first-order valence-electron chi connectivity index (χ1n) is 7.06. The highest BCUT2D eigenvalue weighted by molar-refractivity contribution is 9.10. The lowest BCUT2D eigenvalue weighted by Gasteiger charge is -2.29. The van der Waals surface area contributed by atoms with Gasteiger partial charge in [0.05, 0.1) is 22.3 Å². The molecule has 1 aromatic rings.